The average Bonchev–Trinajstić information content (AvgIpc) is 3.42. The fourth-order valence-electron chi connectivity index (χ4n) is 4.22. The lowest BCUT2D eigenvalue weighted by Crippen LogP contribution is -2.29. The number of carbonyl (C=O) groups excluding carboxylic acids is 3. The Morgan fingerprint density at radius 2 is 1.97 bits per heavy atom. The highest BCUT2D eigenvalue weighted by molar-refractivity contribution is 7.17. The number of amides is 1. The predicted octanol–water partition coefficient (Wildman–Crippen LogP) is 5.66. The molecule has 1 aromatic heterocycles. The summed E-state index contributed by atoms with van der Waals surface area (Å²) in [4.78, 5) is 44.7. The monoisotopic (exact) mass is 550 g/mol. The van der Waals surface area contributed by atoms with Crippen LogP contribution in [0.3, 0.4) is 0 Å². The van der Waals surface area contributed by atoms with Crippen LogP contribution in [-0.2, 0) is 14.3 Å². The number of aryl methyl sites for hydroxylation is 2. The molecule has 1 fully saturated rings. The average molecular weight is 551 g/mol. The Bertz CT molecular complexity index is 1490. The van der Waals surface area contributed by atoms with Crippen LogP contribution in [0.25, 0.3) is 5.76 Å². The number of benzene rings is 2. The highest BCUT2D eigenvalue weighted by Crippen LogP contribution is 2.44. The second kappa shape index (κ2) is 11.6. The molecule has 0 radical (unpaired) electrons. The van der Waals surface area contributed by atoms with Gasteiger partial charge in [-0.05, 0) is 50.1 Å². The smallest absolute Gasteiger partial charge is 0.350 e. The molecule has 0 bridgehead atoms. The van der Waals surface area contributed by atoms with Crippen molar-refractivity contribution >= 4 is 39.9 Å². The Morgan fingerprint density at radius 1 is 1.23 bits per heavy atom. The summed E-state index contributed by atoms with van der Waals surface area (Å²) in [6.07, 6.45) is 2.23. The van der Waals surface area contributed by atoms with Gasteiger partial charge in [0.15, 0.2) is 5.13 Å². The van der Waals surface area contributed by atoms with Crippen molar-refractivity contribution in [3.63, 3.8) is 0 Å². The first-order chi connectivity index (χ1) is 18.7. The molecule has 1 amide bonds. The molecule has 0 spiro atoms. The zero-order valence-corrected chi connectivity index (χ0v) is 22.5. The van der Waals surface area contributed by atoms with Crippen LogP contribution in [0.2, 0.25) is 0 Å². The third-order valence-electron chi connectivity index (χ3n) is 6.06. The second-order valence-corrected chi connectivity index (χ2v) is 9.79. The summed E-state index contributed by atoms with van der Waals surface area (Å²) in [5, 5.41) is 11.3. The molecule has 0 saturated carbocycles. The maximum atomic E-state index is 15.1. The van der Waals surface area contributed by atoms with Crippen molar-refractivity contribution < 1.29 is 33.4 Å². The fraction of sp³-hybridized carbons (Fsp3) is 0.241. The predicted molar refractivity (Wildman–Crippen MR) is 145 cm³/mol. The van der Waals surface area contributed by atoms with Crippen LogP contribution in [0.15, 0.2) is 60.7 Å². The molecule has 1 aliphatic rings. The van der Waals surface area contributed by atoms with Crippen LogP contribution in [0, 0.1) is 19.7 Å². The molecule has 10 heteroatoms. The minimum absolute atomic E-state index is 0.00745. The number of esters is 1. The number of rotatable bonds is 9. The highest BCUT2D eigenvalue weighted by atomic mass is 32.1. The minimum Gasteiger partial charge on any atom is -0.507 e. The van der Waals surface area contributed by atoms with Crippen molar-refractivity contribution in [1.29, 1.82) is 0 Å². The van der Waals surface area contributed by atoms with Gasteiger partial charge in [-0.15, -0.1) is 0 Å². The Labute approximate surface area is 229 Å². The first-order valence-electron chi connectivity index (χ1n) is 12.2. The number of thiazole rings is 1. The van der Waals surface area contributed by atoms with Gasteiger partial charge in [-0.3, -0.25) is 14.5 Å². The van der Waals surface area contributed by atoms with E-state index in [0.29, 0.717) is 17.9 Å². The van der Waals surface area contributed by atoms with E-state index >= 15 is 4.39 Å². The minimum atomic E-state index is -1.33. The summed E-state index contributed by atoms with van der Waals surface area (Å²) < 4.78 is 25.9. The number of aliphatic hydroxyl groups excluding tert-OH is 1. The van der Waals surface area contributed by atoms with E-state index in [-0.39, 0.29) is 39.0 Å². The van der Waals surface area contributed by atoms with Gasteiger partial charge in [0.25, 0.3) is 5.78 Å². The van der Waals surface area contributed by atoms with Crippen LogP contribution >= 0.6 is 11.3 Å². The van der Waals surface area contributed by atoms with E-state index in [0.717, 1.165) is 22.7 Å². The molecule has 8 nitrogen and oxygen atoms in total. The quantitative estimate of drug-likeness (QED) is 0.121. The molecular formula is C29H27FN2O6S. The Balaban J connectivity index is 1.86. The van der Waals surface area contributed by atoms with E-state index in [4.69, 9.17) is 9.47 Å². The Kier molecular flexibility index (Phi) is 8.25. The topological polar surface area (TPSA) is 106 Å². The van der Waals surface area contributed by atoms with E-state index in [1.54, 1.807) is 38.1 Å². The van der Waals surface area contributed by atoms with Gasteiger partial charge >= 0.3 is 11.9 Å². The van der Waals surface area contributed by atoms with Crippen molar-refractivity contribution in [1.82, 2.24) is 4.98 Å². The van der Waals surface area contributed by atoms with Crippen molar-refractivity contribution in [3.8, 4) is 5.75 Å². The number of Topliss-reactive ketones (excluding diaryl/α,β-unsaturated/α-hetero) is 1. The molecule has 1 unspecified atom stereocenters. The number of ketones is 1. The summed E-state index contributed by atoms with van der Waals surface area (Å²) >= 11 is 0.837. The number of halogens is 1. The summed E-state index contributed by atoms with van der Waals surface area (Å²) in [6.45, 7) is 9.33. The largest absolute Gasteiger partial charge is 0.507 e. The van der Waals surface area contributed by atoms with Gasteiger partial charge in [0.05, 0.1) is 17.9 Å². The molecule has 4 rings (SSSR count). The van der Waals surface area contributed by atoms with Gasteiger partial charge in [-0.1, -0.05) is 49.1 Å². The summed E-state index contributed by atoms with van der Waals surface area (Å²) in [7, 11) is 0. The number of aromatic nitrogens is 1. The van der Waals surface area contributed by atoms with Crippen molar-refractivity contribution in [2.45, 2.75) is 33.2 Å². The number of carbonyl (C=O) groups is 3. The molecule has 1 atom stereocenters. The number of hydrogen-bond donors (Lipinski definition) is 1. The van der Waals surface area contributed by atoms with Gasteiger partial charge in [0.1, 0.15) is 34.9 Å². The number of hydrogen-bond acceptors (Lipinski definition) is 8. The van der Waals surface area contributed by atoms with Gasteiger partial charge in [-0.25, -0.2) is 14.2 Å². The first kappa shape index (κ1) is 27.7. The lowest BCUT2D eigenvalue weighted by molar-refractivity contribution is -0.132. The van der Waals surface area contributed by atoms with Gasteiger partial charge < -0.3 is 14.6 Å². The molecule has 202 valence electrons. The van der Waals surface area contributed by atoms with Crippen LogP contribution < -0.4 is 9.64 Å². The number of nitrogens with zero attached hydrogens (tertiary/aromatic N) is 2. The molecule has 1 saturated heterocycles. The van der Waals surface area contributed by atoms with Crippen LogP contribution in [0.5, 0.6) is 5.75 Å². The molecule has 39 heavy (non-hydrogen) atoms. The number of ether oxygens (including phenoxy) is 2. The molecule has 2 heterocycles. The van der Waals surface area contributed by atoms with E-state index in [1.807, 2.05) is 6.92 Å². The normalized spacial score (nSPS) is 16.4. The fourth-order valence-corrected chi connectivity index (χ4v) is 5.21. The van der Waals surface area contributed by atoms with E-state index in [1.165, 1.54) is 24.3 Å². The molecule has 2 aromatic carbocycles. The SMILES string of the molecule is C=CCOC(=O)c1sc(N2C(=O)C(=O)C(=C(O)c3ccc(OCCC)c(C)c3)C2c2ccccc2F)nc1C. The molecule has 0 aliphatic carbocycles. The van der Waals surface area contributed by atoms with Crippen molar-refractivity contribution in [3.05, 3.63) is 93.8 Å². The second-order valence-electron chi connectivity index (χ2n) is 8.82. The molecule has 3 aromatic rings. The van der Waals surface area contributed by atoms with E-state index in [2.05, 4.69) is 11.6 Å². The van der Waals surface area contributed by atoms with E-state index < -0.39 is 35.3 Å². The maximum absolute atomic E-state index is 15.1. The zero-order chi connectivity index (χ0) is 28.3. The van der Waals surface area contributed by atoms with Gasteiger partial charge in [-0.2, -0.15) is 0 Å². The lowest BCUT2D eigenvalue weighted by atomic mass is 9.94. The van der Waals surface area contributed by atoms with Crippen LogP contribution in [0.1, 0.15) is 51.4 Å². The Hall–Kier alpha value is -4.31. The third-order valence-corrected chi connectivity index (χ3v) is 7.20. The highest BCUT2D eigenvalue weighted by Gasteiger charge is 2.49. The molecular weight excluding hydrogens is 523 g/mol. The van der Waals surface area contributed by atoms with Crippen LogP contribution in [-0.4, -0.2) is 41.0 Å². The Morgan fingerprint density at radius 3 is 2.64 bits per heavy atom. The van der Waals surface area contributed by atoms with Crippen molar-refractivity contribution in [2.24, 2.45) is 0 Å². The summed E-state index contributed by atoms with van der Waals surface area (Å²) in [6, 6.07) is 9.21. The van der Waals surface area contributed by atoms with E-state index in [9.17, 15) is 19.5 Å². The maximum Gasteiger partial charge on any atom is 0.350 e. The summed E-state index contributed by atoms with van der Waals surface area (Å²) in [5.74, 6) is -3.21. The third kappa shape index (κ3) is 5.33. The first-order valence-corrected chi connectivity index (χ1v) is 13.1. The molecule has 1 aliphatic heterocycles. The standard InChI is InChI=1S/C29H27FN2O6S/c1-5-13-37-21-12-11-18(15-16(21)3)24(33)22-23(19-9-7-8-10-20(19)30)32(27(35)25(22)34)29-31-17(4)26(39-29)28(36)38-14-6-2/h6-12,15,23,33H,2,5,13-14H2,1,3-4H3. The van der Waals surface area contributed by atoms with Gasteiger partial charge in [0, 0.05) is 11.1 Å². The van der Waals surface area contributed by atoms with Crippen molar-refractivity contribution in [2.75, 3.05) is 18.1 Å². The zero-order valence-electron chi connectivity index (χ0n) is 21.7. The van der Waals surface area contributed by atoms with Crippen LogP contribution in [0.4, 0.5) is 9.52 Å². The molecule has 1 N–H and O–H groups in total. The number of aliphatic hydroxyl groups is 1. The number of anilines is 1. The summed E-state index contributed by atoms with van der Waals surface area (Å²) in [5.41, 5.74) is 0.940. The van der Waals surface area contributed by atoms with Gasteiger partial charge in [0.2, 0.25) is 0 Å². The lowest BCUT2D eigenvalue weighted by Gasteiger charge is -2.23.